The van der Waals surface area contributed by atoms with E-state index in [0.29, 0.717) is 30.4 Å². The van der Waals surface area contributed by atoms with Crippen molar-refractivity contribution in [2.45, 2.75) is 32.2 Å². The van der Waals surface area contributed by atoms with Gasteiger partial charge in [0.1, 0.15) is 11.4 Å². The molecule has 0 radical (unpaired) electrons. The number of fused-ring (bicyclic) bond motifs is 2. The molecule has 7 heteroatoms. The number of carbonyl (C=O) groups is 1. The van der Waals surface area contributed by atoms with Crippen LogP contribution in [0.2, 0.25) is 0 Å². The van der Waals surface area contributed by atoms with Crippen molar-refractivity contribution in [2.75, 3.05) is 20.8 Å². The summed E-state index contributed by atoms with van der Waals surface area (Å²) in [6, 6.07) is 16.7. The van der Waals surface area contributed by atoms with Crippen LogP contribution in [0.3, 0.4) is 0 Å². The summed E-state index contributed by atoms with van der Waals surface area (Å²) in [6.07, 6.45) is 0.517. The smallest absolute Gasteiger partial charge is 0.290 e. The van der Waals surface area contributed by atoms with Crippen LogP contribution in [0.25, 0.3) is 11.0 Å². The molecule has 0 spiro atoms. The zero-order valence-electron chi connectivity index (χ0n) is 21.2. The lowest BCUT2D eigenvalue weighted by molar-refractivity contribution is 0.0730. The van der Waals surface area contributed by atoms with E-state index in [0.717, 1.165) is 22.8 Å². The average Bonchev–Trinajstić information content (AvgIpc) is 3.19. The minimum atomic E-state index is -0.646. The summed E-state index contributed by atoms with van der Waals surface area (Å²) < 4.78 is 30.7. The molecule has 1 atom stereocenters. The van der Waals surface area contributed by atoms with Crippen molar-refractivity contribution in [3.05, 3.63) is 105 Å². The zero-order chi connectivity index (χ0) is 26.3. The quantitative estimate of drug-likeness (QED) is 0.317. The normalized spacial score (nSPS) is 14.9. The van der Waals surface area contributed by atoms with E-state index in [1.807, 2.05) is 42.5 Å². The summed E-state index contributed by atoms with van der Waals surface area (Å²) in [5.74, 6) is 0.665. The van der Waals surface area contributed by atoms with Crippen molar-refractivity contribution in [3.8, 4) is 11.5 Å². The summed E-state index contributed by atoms with van der Waals surface area (Å²) in [6.45, 7) is 4.54. The number of halogens is 1. The summed E-state index contributed by atoms with van der Waals surface area (Å²) in [5.41, 5.74) is 2.93. The van der Waals surface area contributed by atoms with Crippen LogP contribution in [-0.4, -0.2) is 31.6 Å². The van der Waals surface area contributed by atoms with Gasteiger partial charge in [0.15, 0.2) is 16.9 Å². The highest BCUT2D eigenvalue weighted by Crippen LogP contribution is 2.39. The Morgan fingerprint density at radius 2 is 1.68 bits per heavy atom. The number of hydrogen-bond acceptors (Lipinski definition) is 5. The highest BCUT2D eigenvalue weighted by Gasteiger charge is 2.42. The van der Waals surface area contributed by atoms with E-state index in [2.05, 4.69) is 13.8 Å². The first-order valence-electron chi connectivity index (χ1n) is 12.2. The van der Waals surface area contributed by atoms with Crippen molar-refractivity contribution in [3.63, 3.8) is 0 Å². The maximum atomic E-state index is 14.0. The Kier molecular flexibility index (Phi) is 6.46. The van der Waals surface area contributed by atoms with Gasteiger partial charge >= 0.3 is 0 Å². The molecule has 190 valence electrons. The van der Waals surface area contributed by atoms with E-state index >= 15 is 0 Å². The predicted octanol–water partition coefficient (Wildman–Crippen LogP) is 5.86. The first-order chi connectivity index (χ1) is 17.8. The van der Waals surface area contributed by atoms with Crippen LogP contribution in [0, 0.1) is 5.82 Å². The fourth-order valence-electron chi connectivity index (χ4n) is 4.92. The maximum Gasteiger partial charge on any atom is 0.290 e. The van der Waals surface area contributed by atoms with Gasteiger partial charge in [0, 0.05) is 6.54 Å². The molecule has 4 aromatic rings. The Hall–Kier alpha value is -4.13. The molecule has 0 saturated heterocycles. The lowest BCUT2D eigenvalue weighted by atomic mass is 9.95. The molecular weight excluding hydrogens is 473 g/mol. The van der Waals surface area contributed by atoms with Gasteiger partial charge in [0.05, 0.1) is 31.2 Å². The number of methoxy groups -OCH3 is 2. The lowest BCUT2D eigenvalue weighted by Gasteiger charge is -2.25. The second-order valence-corrected chi connectivity index (χ2v) is 9.48. The Morgan fingerprint density at radius 3 is 2.35 bits per heavy atom. The Balaban J connectivity index is 1.59. The fourth-order valence-corrected chi connectivity index (χ4v) is 4.92. The number of rotatable bonds is 7. The van der Waals surface area contributed by atoms with Gasteiger partial charge in [-0.3, -0.25) is 9.59 Å². The molecule has 1 aromatic heterocycles. The standard InChI is InChI=1S/C30H28FNO5/c1-17(2)19-6-8-20(9-7-19)27-26-28(33)22-16-21(31)10-12-23(22)37-29(26)30(34)32(27)14-13-18-5-11-24(35-3)25(15-18)36-4/h5-12,15-17,27H,13-14H2,1-4H3. The molecule has 37 heavy (non-hydrogen) atoms. The van der Waals surface area contributed by atoms with Crippen molar-refractivity contribution in [1.29, 1.82) is 0 Å². The van der Waals surface area contributed by atoms with Crippen LogP contribution in [0.4, 0.5) is 4.39 Å². The Morgan fingerprint density at radius 1 is 0.946 bits per heavy atom. The number of nitrogens with zero attached hydrogens (tertiary/aromatic N) is 1. The van der Waals surface area contributed by atoms with Crippen LogP contribution in [-0.2, 0) is 6.42 Å². The number of carbonyl (C=O) groups excluding carboxylic acids is 1. The summed E-state index contributed by atoms with van der Waals surface area (Å²) in [7, 11) is 3.15. The van der Waals surface area contributed by atoms with E-state index in [-0.39, 0.29) is 28.2 Å². The third-order valence-corrected chi connectivity index (χ3v) is 6.94. The van der Waals surface area contributed by atoms with Gasteiger partial charge in [-0.15, -0.1) is 0 Å². The highest BCUT2D eigenvalue weighted by molar-refractivity contribution is 5.99. The fraction of sp³-hybridized carbons (Fsp3) is 0.267. The molecule has 0 fully saturated rings. The van der Waals surface area contributed by atoms with Crippen LogP contribution in [0.1, 0.15) is 58.6 Å². The summed E-state index contributed by atoms with van der Waals surface area (Å²) in [5, 5.41) is 0.122. The number of hydrogen-bond donors (Lipinski definition) is 0. The maximum absolute atomic E-state index is 14.0. The Bertz CT molecular complexity index is 1540. The third-order valence-electron chi connectivity index (χ3n) is 6.94. The van der Waals surface area contributed by atoms with Gasteiger partial charge in [0.25, 0.3) is 5.91 Å². The molecule has 0 N–H and O–H groups in total. The van der Waals surface area contributed by atoms with Gasteiger partial charge in [-0.25, -0.2) is 4.39 Å². The molecule has 1 unspecified atom stereocenters. The molecule has 5 rings (SSSR count). The first-order valence-corrected chi connectivity index (χ1v) is 12.2. The minimum Gasteiger partial charge on any atom is -0.493 e. The zero-order valence-corrected chi connectivity index (χ0v) is 21.2. The van der Waals surface area contributed by atoms with E-state index < -0.39 is 17.3 Å². The highest BCUT2D eigenvalue weighted by atomic mass is 19.1. The molecule has 1 aliphatic rings. The van der Waals surface area contributed by atoms with E-state index in [1.54, 1.807) is 19.1 Å². The van der Waals surface area contributed by atoms with E-state index in [1.165, 1.54) is 12.1 Å². The molecule has 1 amide bonds. The molecule has 1 aliphatic heterocycles. The number of benzene rings is 3. The van der Waals surface area contributed by atoms with Gasteiger partial charge < -0.3 is 18.8 Å². The van der Waals surface area contributed by atoms with Crippen molar-refractivity contribution < 1.29 is 23.1 Å². The van der Waals surface area contributed by atoms with Crippen molar-refractivity contribution >= 4 is 16.9 Å². The minimum absolute atomic E-state index is 0.00866. The third kappa shape index (κ3) is 4.35. The lowest BCUT2D eigenvalue weighted by Crippen LogP contribution is -2.31. The molecule has 0 saturated carbocycles. The summed E-state index contributed by atoms with van der Waals surface area (Å²) in [4.78, 5) is 28.9. The SMILES string of the molecule is COc1ccc(CCN2C(=O)c3oc4ccc(F)cc4c(=O)c3C2c2ccc(C(C)C)cc2)cc1OC. The summed E-state index contributed by atoms with van der Waals surface area (Å²) >= 11 is 0. The van der Waals surface area contributed by atoms with Crippen LogP contribution in [0.15, 0.2) is 69.9 Å². The van der Waals surface area contributed by atoms with E-state index in [9.17, 15) is 14.0 Å². The molecular formula is C30H28FNO5. The Labute approximate surface area is 214 Å². The number of ether oxygens (including phenoxy) is 2. The predicted molar refractivity (Wildman–Crippen MR) is 139 cm³/mol. The average molecular weight is 502 g/mol. The van der Waals surface area contributed by atoms with Crippen LogP contribution < -0.4 is 14.9 Å². The molecule has 6 nitrogen and oxygen atoms in total. The van der Waals surface area contributed by atoms with Gasteiger partial charge in [-0.2, -0.15) is 0 Å². The van der Waals surface area contributed by atoms with Crippen molar-refractivity contribution in [2.24, 2.45) is 0 Å². The second kappa shape index (κ2) is 9.73. The topological polar surface area (TPSA) is 69.0 Å². The van der Waals surface area contributed by atoms with Gasteiger partial charge in [-0.05, 0) is 59.4 Å². The van der Waals surface area contributed by atoms with E-state index in [4.69, 9.17) is 13.9 Å². The van der Waals surface area contributed by atoms with Gasteiger partial charge in [-0.1, -0.05) is 44.2 Å². The second-order valence-electron chi connectivity index (χ2n) is 9.48. The monoisotopic (exact) mass is 501 g/mol. The largest absolute Gasteiger partial charge is 0.493 e. The van der Waals surface area contributed by atoms with Crippen molar-refractivity contribution in [1.82, 2.24) is 4.90 Å². The molecule has 0 aliphatic carbocycles. The number of amides is 1. The molecule has 0 bridgehead atoms. The molecule has 2 heterocycles. The first kappa shape index (κ1) is 24.6. The van der Waals surface area contributed by atoms with Crippen LogP contribution in [0.5, 0.6) is 11.5 Å². The van der Waals surface area contributed by atoms with Gasteiger partial charge in [0.2, 0.25) is 5.76 Å². The molecule has 3 aromatic carbocycles. The van der Waals surface area contributed by atoms with Crippen LogP contribution >= 0.6 is 0 Å².